The van der Waals surface area contributed by atoms with Crippen molar-refractivity contribution < 1.29 is 19.3 Å². The molecule has 0 amide bonds. The van der Waals surface area contributed by atoms with E-state index in [1.165, 1.54) is 0 Å². The molecule has 1 N–H and O–H groups in total. The quantitative estimate of drug-likeness (QED) is 0.919. The van der Waals surface area contributed by atoms with Crippen LogP contribution in [0, 0.1) is 0 Å². The molecule has 104 valence electrons. The third-order valence-electron chi connectivity index (χ3n) is 3.00. The normalized spacial score (nSPS) is 14.2. The first-order valence-electron chi connectivity index (χ1n) is 6.18. The lowest BCUT2D eigenvalue weighted by atomic mass is 10.1. The van der Waals surface area contributed by atoms with E-state index >= 15 is 0 Å². The van der Waals surface area contributed by atoms with Gasteiger partial charge in [-0.1, -0.05) is 22.0 Å². The molecule has 5 heteroatoms. The van der Waals surface area contributed by atoms with Gasteiger partial charge in [0, 0.05) is 10.5 Å². The molecule has 0 unspecified atom stereocenters. The molecule has 0 aliphatic carbocycles. The van der Waals surface area contributed by atoms with E-state index in [2.05, 4.69) is 15.9 Å². The van der Waals surface area contributed by atoms with Gasteiger partial charge in [-0.15, -0.1) is 0 Å². The third-order valence-corrected chi connectivity index (χ3v) is 3.69. The van der Waals surface area contributed by atoms with Crippen molar-refractivity contribution in [1.82, 2.24) is 0 Å². The van der Waals surface area contributed by atoms with Crippen LogP contribution >= 0.6 is 15.9 Å². The van der Waals surface area contributed by atoms with Gasteiger partial charge in [0.25, 0.3) is 0 Å². The lowest BCUT2D eigenvalue weighted by molar-refractivity contribution is 0.174. The van der Waals surface area contributed by atoms with E-state index in [4.69, 9.17) is 14.2 Å². The molecule has 3 rings (SSSR count). The van der Waals surface area contributed by atoms with Crippen LogP contribution in [0.15, 0.2) is 40.9 Å². The second-order valence-electron chi connectivity index (χ2n) is 4.48. The fraction of sp³-hybridized carbons (Fsp3) is 0.200. The van der Waals surface area contributed by atoms with Gasteiger partial charge in [-0.2, -0.15) is 0 Å². The Morgan fingerprint density at radius 1 is 1.10 bits per heavy atom. The fourth-order valence-corrected chi connectivity index (χ4v) is 2.68. The number of aliphatic hydroxyl groups is 1. The Morgan fingerprint density at radius 3 is 2.55 bits per heavy atom. The summed E-state index contributed by atoms with van der Waals surface area (Å²) in [5, 5.41) is 9.59. The maximum atomic E-state index is 9.59. The highest BCUT2D eigenvalue weighted by Gasteiger charge is 2.14. The Labute approximate surface area is 125 Å². The first-order chi connectivity index (χ1) is 9.63. The summed E-state index contributed by atoms with van der Waals surface area (Å²) in [4.78, 5) is 0. The standard InChI is InChI=1S/C15H13BrO4/c1-9(17)12-4-2-10(6-13(12)16)20-11-3-5-14-15(7-11)19-8-18-14/h2-7,9,17H,8H2,1H3/t9-/m0/s1. The van der Waals surface area contributed by atoms with E-state index < -0.39 is 6.10 Å². The zero-order valence-corrected chi connectivity index (χ0v) is 12.4. The SMILES string of the molecule is C[C@H](O)c1ccc(Oc2ccc3c(c2)OCO3)cc1Br. The minimum atomic E-state index is -0.524. The van der Waals surface area contributed by atoms with Gasteiger partial charge in [-0.25, -0.2) is 0 Å². The summed E-state index contributed by atoms with van der Waals surface area (Å²) < 4.78 is 17.1. The van der Waals surface area contributed by atoms with Crippen molar-refractivity contribution in [3.05, 3.63) is 46.4 Å². The first kappa shape index (κ1) is 13.3. The second kappa shape index (κ2) is 5.34. The second-order valence-corrected chi connectivity index (χ2v) is 5.33. The highest BCUT2D eigenvalue weighted by molar-refractivity contribution is 9.10. The van der Waals surface area contributed by atoms with E-state index in [0.29, 0.717) is 17.2 Å². The van der Waals surface area contributed by atoms with Crippen LogP contribution in [0.25, 0.3) is 0 Å². The maximum absolute atomic E-state index is 9.59. The minimum Gasteiger partial charge on any atom is -0.457 e. The van der Waals surface area contributed by atoms with E-state index in [1.54, 1.807) is 13.0 Å². The van der Waals surface area contributed by atoms with Crippen LogP contribution in [-0.4, -0.2) is 11.9 Å². The Balaban J connectivity index is 1.83. The Kier molecular flexibility index (Phi) is 3.54. The van der Waals surface area contributed by atoms with Crippen LogP contribution in [0.3, 0.4) is 0 Å². The fourth-order valence-electron chi connectivity index (χ4n) is 1.99. The summed E-state index contributed by atoms with van der Waals surface area (Å²) in [6.07, 6.45) is -0.524. The Hall–Kier alpha value is -1.72. The van der Waals surface area contributed by atoms with E-state index in [9.17, 15) is 5.11 Å². The minimum absolute atomic E-state index is 0.243. The Bertz CT molecular complexity index is 640. The summed E-state index contributed by atoms with van der Waals surface area (Å²) in [6.45, 7) is 1.96. The first-order valence-corrected chi connectivity index (χ1v) is 6.98. The molecule has 2 aromatic carbocycles. The number of halogens is 1. The smallest absolute Gasteiger partial charge is 0.231 e. The topological polar surface area (TPSA) is 47.9 Å². The number of benzene rings is 2. The molecule has 2 aromatic rings. The van der Waals surface area contributed by atoms with Gasteiger partial charge in [-0.05, 0) is 36.8 Å². The average molecular weight is 337 g/mol. The Morgan fingerprint density at radius 2 is 1.80 bits per heavy atom. The van der Waals surface area contributed by atoms with Gasteiger partial charge >= 0.3 is 0 Å². The van der Waals surface area contributed by atoms with Gasteiger partial charge < -0.3 is 19.3 Å². The molecule has 1 aliphatic rings. The molecule has 0 radical (unpaired) electrons. The molecular weight excluding hydrogens is 324 g/mol. The third kappa shape index (κ3) is 2.59. The molecule has 0 saturated heterocycles. The number of fused-ring (bicyclic) bond motifs is 1. The number of ether oxygens (including phenoxy) is 3. The molecular formula is C15H13BrO4. The average Bonchev–Trinajstić information content (AvgIpc) is 2.85. The molecule has 0 fully saturated rings. The number of aliphatic hydroxyl groups excluding tert-OH is 1. The molecule has 0 bridgehead atoms. The van der Waals surface area contributed by atoms with Crippen LogP contribution in [-0.2, 0) is 0 Å². The highest BCUT2D eigenvalue weighted by Crippen LogP contribution is 2.37. The number of hydrogen-bond donors (Lipinski definition) is 1. The van der Waals surface area contributed by atoms with Gasteiger partial charge in [0.2, 0.25) is 6.79 Å². The van der Waals surface area contributed by atoms with Gasteiger partial charge in [0.15, 0.2) is 11.5 Å². The van der Waals surface area contributed by atoms with Gasteiger partial charge in [-0.3, -0.25) is 0 Å². The largest absolute Gasteiger partial charge is 0.457 e. The molecule has 20 heavy (non-hydrogen) atoms. The molecule has 1 heterocycles. The molecule has 4 nitrogen and oxygen atoms in total. The lowest BCUT2D eigenvalue weighted by Gasteiger charge is -2.11. The zero-order valence-electron chi connectivity index (χ0n) is 10.8. The summed E-state index contributed by atoms with van der Waals surface area (Å²) in [5.41, 5.74) is 0.822. The maximum Gasteiger partial charge on any atom is 0.231 e. The van der Waals surface area contributed by atoms with Crippen molar-refractivity contribution in [3.63, 3.8) is 0 Å². The van der Waals surface area contributed by atoms with E-state index in [-0.39, 0.29) is 6.79 Å². The van der Waals surface area contributed by atoms with Crippen molar-refractivity contribution in [1.29, 1.82) is 0 Å². The summed E-state index contributed by atoms with van der Waals surface area (Å²) in [5.74, 6) is 2.76. The predicted molar refractivity (Wildman–Crippen MR) is 77.4 cm³/mol. The van der Waals surface area contributed by atoms with Crippen molar-refractivity contribution in [2.45, 2.75) is 13.0 Å². The van der Waals surface area contributed by atoms with Crippen molar-refractivity contribution >= 4 is 15.9 Å². The van der Waals surface area contributed by atoms with Crippen molar-refractivity contribution in [2.24, 2.45) is 0 Å². The van der Waals surface area contributed by atoms with Gasteiger partial charge in [0.05, 0.1) is 6.10 Å². The molecule has 0 spiro atoms. The molecule has 1 atom stereocenters. The van der Waals surface area contributed by atoms with Crippen LogP contribution < -0.4 is 14.2 Å². The monoisotopic (exact) mass is 336 g/mol. The van der Waals surface area contributed by atoms with Crippen molar-refractivity contribution in [2.75, 3.05) is 6.79 Å². The van der Waals surface area contributed by atoms with Crippen LogP contribution in [0.2, 0.25) is 0 Å². The summed E-state index contributed by atoms with van der Waals surface area (Å²) >= 11 is 3.43. The predicted octanol–water partition coefficient (Wildman–Crippen LogP) is 4.02. The van der Waals surface area contributed by atoms with Crippen LogP contribution in [0.5, 0.6) is 23.0 Å². The highest BCUT2D eigenvalue weighted by atomic mass is 79.9. The van der Waals surface area contributed by atoms with Crippen LogP contribution in [0.4, 0.5) is 0 Å². The van der Waals surface area contributed by atoms with Gasteiger partial charge in [0.1, 0.15) is 11.5 Å². The number of hydrogen-bond acceptors (Lipinski definition) is 4. The lowest BCUT2D eigenvalue weighted by Crippen LogP contribution is -1.93. The number of rotatable bonds is 3. The molecule has 0 saturated carbocycles. The zero-order chi connectivity index (χ0) is 14.1. The molecule has 1 aliphatic heterocycles. The summed E-state index contributed by atoms with van der Waals surface area (Å²) in [7, 11) is 0. The molecule has 0 aromatic heterocycles. The summed E-state index contributed by atoms with van der Waals surface area (Å²) in [6, 6.07) is 10.9. The van der Waals surface area contributed by atoms with E-state index in [0.717, 1.165) is 15.8 Å². The van der Waals surface area contributed by atoms with Crippen LogP contribution in [0.1, 0.15) is 18.6 Å². The van der Waals surface area contributed by atoms with E-state index in [1.807, 2.05) is 30.3 Å². The van der Waals surface area contributed by atoms with Crippen molar-refractivity contribution in [3.8, 4) is 23.0 Å².